The molecule has 126 valence electrons. The molecule has 1 unspecified atom stereocenters. The second-order valence-corrected chi connectivity index (χ2v) is 6.25. The number of alkyl halides is 1. The van der Waals surface area contributed by atoms with Crippen LogP contribution in [0.25, 0.3) is 0 Å². The van der Waals surface area contributed by atoms with E-state index in [1.165, 1.54) is 0 Å². The Morgan fingerprint density at radius 1 is 1.48 bits per heavy atom. The number of hydrogen-bond donors (Lipinski definition) is 2. The molecule has 0 amide bonds. The van der Waals surface area contributed by atoms with Crippen LogP contribution in [0.5, 0.6) is 0 Å². The number of dihydropyridines is 1. The molecule has 2 N–H and O–H groups in total. The summed E-state index contributed by atoms with van der Waals surface area (Å²) in [4.78, 5) is 8.85. The van der Waals surface area contributed by atoms with Crippen molar-refractivity contribution in [2.75, 3.05) is 45.8 Å². The van der Waals surface area contributed by atoms with Gasteiger partial charge in [-0.1, -0.05) is 6.92 Å². The fraction of sp³-hybridized carbons (Fsp3) is 0.667. The summed E-state index contributed by atoms with van der Waals surface area (Å²) in [6.07, 6.45) is 1.33. The number of hydrogen-bond acceptors (Lipinski definition) is 5. The first-order valence-corrected chi connectivity index (χ1v) is 8.57. The van der Waals surface area contributed by atoms with E-state index >= 15 is 0 Å². The van der Waals surface area contributed by atoms with Crippen LogP contribution in [0, 0.1) is 0 Å². The van der Waals surface area contributed by atoms with E-state index in [1.54, 1.807) is 6.08 Å². The molecule has 1 atom stereocenters. The van der Waals surface area contributed by atoms with Crippen molar-refractivity contribution in [1.82, 2.24) is 20.5 Å². The molecule has 23 heavy (non-hydrogen) atoms. The monoisotopic (exact) mass is 338 g/mol. The molecule has 3 aliphatic heterocycles. The van der Waals surface area contributed by atoms with Gasteiger partial charge in [0.1, 0.15) is 11.9 Å². The van der Waals surface area contributed by atoms with Gasteiger partial charge in [-0.25, -0.2) is 4.39 Å². The minimum atomic E-state index is -1.01. The summed E-state index contributed by atoms with van der Waals surface area (Å²) in [6.45, 7) is 8.04. The molecule has 3 aliphatic rings. The van der Waals surface area contributed by atoms with E-state index in [1.807, 2.05) is 0 Å². The van der Waals surface area contributed by atoms with Gasteiger partial charge in [-0.05, 0) is 24.8 Å². The molecule has 0 aromatic carbocycles. The fourth-order valence-corrected chi connectivity index (χ4v) is 3.19. The van der Waals surface area contributed by atoms with Crippen LogP contribution in [0.3, 0.4) is 0 Å². The zero-order chi connectivity index (χ0) is 16.2. The number of nitrogens with one attached hydrogen (secondary N) is 2. The van der Waals surface area contributed by atoms with Crippen molar-refractivity contribution in [1.29, 1.82) is 0 Å². The number of piperazine rings is 1. The smallest absolute Gasteiger partial charge is 0.189 e. The molecule has 0 aromatic rings. The number of allylic oxidation sites excluding steroid dienone is 1. The number of aliphatic imine (C=N–C) groups is 1. The van der Waals surface area contributed by atoms with Crippen molar-refractivity contribution >= 4 is 28.8 Å². The molecule has 6 nitrogen and oxygen atoms in total. The van der Waals surface area contributed by atoms with Gasteiger partial charge in [-0.3, -0.25) is 10.4 Å². The number of thiocarbonyl (C=S) groups is 1. The second-order valence-electron chi connectivity index (χ2n) is 5.86. The lowest BCUT2D eigenvalue weighted by molar-refractivity contribution is 0.189. The summed E-state index contributed by atoms with van der Waals surface area (Å²) in [7, 11) is 0. The third kappa shape index (κ3) is 3.87. The van der Waals surface area contributed by atoms with Crippen LogP contribution in [0.15, 0.2) is 21.9 Å². The van der Waals surface area contributed by atoms with E-state index in [0.29, 0.717) is 5.11 Å². The Labute approximate surface area is 141 Å². The van der Waals surface area contributed by atoms with E-state index in [9.17, 15) is 4.39 Å². The zero-order valence-electron chi connectivity index (χ0n) is 13.4. The first-order valence-electron chi connectivity index (χ1n) is 8.16. The van der Waals surface area contributed by atoms with Gasteiger partial charge in [0, 0.05) is 39.1 Å². The van der Waals surface area contributed by atoms with Crippen LogP contribution in [-0.2, 0) is 0 Å². The van der Waals surface area contributed by atoms with E-state index < -0.39 is 6.17 Å². The zero-order valence-corrected chi connectivity index (χ0v) is 14.2. The van der Waals surface area contributed by atoms with E-state index in [4.69, 9.17) is 12.2 Å². The second kappa shape index (κ2) is 7.35. The Bertz CT molecular complexity index is 550. The predicted molar refractivity (Wildman–Crippen MR) is 94.8 cm³/mol. The quantitative estimate of drug-likeness (QED) is 0.568. The van der Waals surface area contributed by atoms with Crippen LogP contribution < -0.4 is 10.7 Å². The number of halogens is 1. The Morgan fingerprint density at radius 3 is 3.00 bits per heavy atom. The number of rotatable bonds is 2. The summed E-state index contributed by atoms with van der Waals surface area (Å²) in [5, 5.41) is 8.27. The molecule has 8 heteroatoms. The molecule has 3 heterocycles. The summed E-state index contributed by atoms with van der Waals surface area (Å²) in [5.41, 5.74) is 5.35. The van der Waals surface area contributed by atoms with E-state index in [0.717, 1.165) is 62.8 Å². The normalized spacial score (nSPS) is 27.0. The molecule has 0 aromatic heterocycles. The fourth-order valence-electron chi connectivity index (χ4n) is 2.96. The van der Waals surface area contributed by atoms with Crippen LogP contribution in [0.4, 0.5) is 4.39 Å². The Kier molecular flexibility index (Phi) is 5.22. The minimum Gasteiger partial charge on any atom is -0.383 e. The number of fused-ring (bicyclic) bond motifs is 1. The highest BCUT2D eigenvalue weighted by atomic mass is 32.1. The van der Waals surface area contributed by atoms with Crippen LogP contribution in [0.2, 0.25) is 0 Å². The Hall–Kier alpha value is -1.54. The van der Waals surface area contributed by atoms with Gasteiger partial charge in [0.05, 0.1) is 18.0 Å². The highest BCUT2D eigenvalue weighted by Gasteiger charge is 2.25. The van der Waals surface area contributed by atoms with Gasteiger partial charge in [-0.15, -0.1) is 0 Å². The summed E-state index contributed by atoms with van der Waals surface area (Å²) in [6, 6.07) is 0. The first-order chi connectivity index (χ1) is 11.2. The molecule has 0 aliphatic carbocycles. The molecule has 2 fully saturated rings. The van der Waals surface area contributed by atoms with Crippen molar-refractivity contribution in [3.05, 3.63) is 11.8 Å². The maximum absolute atomic E-state index is 13.4. The molecule has 0 bridgehead atoms. The van der Waals surface area contributed by atoms with Crippen molar-refractivity contribution in [2.24, 2.45) is 10.1 Å². The summed E-state index contributed by atoms with van der Waals surface area (Å²) in [5.74, 6) is 0. The lowest BCUT2D eigenvalue weighted by Crippen LogP contribution is -2.51. The topological polar surface area (TPSA) is 55.3 Å². The molecule has 0 spiro atoms. The van der Waals surface area contributed by atoms with Gasteiger partial charge >= 0.3 is 0 Å². The highest BCUT2D eigenvalue weighted by Crippen LogP contribution is 2.14. The highest BCUT2D eigenvalue weighted by molar-refractivity contribution is 7.80. The third-order valence-corrected chi connectivity index (χ3v) is 4.72. The minimum absolute atomic E-state index is 0.170. The van der Waals surface area contributed by atoms with Gasteiger partial charge in [0.25, 0.3) is 0 Å². The average Bonchev–Trinajstić information content (AvgIpc) is 2.59. The summed E-state index contributed by atoms with van der Waals surface area (Å²) >= 11 is 5.44. The predicted octanol–water partition coefficient (Wildman–Crippen LogP) is 0.524. The molecule has 0 saturated carbocycles. The van der Waals surface area contributed by atoms with Crippen LogP contribution in [0.1, 0.15) is 13.3 Å². The lowest BCUT2D eigenvalue weighted by atomic mass is 10.0. The number of nitrogens with zero attached hydrogens (tertiary/aromatic N) is 4. The number of piperidine rings is 1. The van der Waals surface area contributed by atoms with Gasteiger partial charge in [0.2, 0.25) is 0 Å². The third-order valence-electron chi connectivity index (χ3n) is 4.37. The SMILES string of the molecule is CCN1CCN(C(=S)N/N=C2/CCNC3=CC(F)CN=C32)CC1. The molecule has 0 radical (unpaired) electrons. The lowest BCUT2D eigenvalue weighted by Gasteiger charge is -2.35. The Balaban J connectivity index is 1.59. The standard InChI is InChI=1S/C15H23FN6S/c1-2-21-5-7-22(8-6-21)15(23)20-19-12-3-4-17-13-9-11(16)10-18-14(12)13/h9,11,17H,2-8,10H2,1H3,(H,20,23)/b19-12-. The summed E-state index contributed by atoms with van der Waals surface area (Å²) < 4.78 is 13.4. The van der Waals surface area contributed by atoms with Crippen LogP contribution in [-0.4, -0.2) is 78.3 Å². The Morgan fingerprint density at radius 2 is 2.26 bits per heavy atom. The average molecular weight is 338 g/mol. The number of hydrazone groups is 1. The van der Waals surface area contributed by atoms with E-state index in [-0.39, 0.29) is 6.54 Å². The largest absolute Gasteiger partial charge is 0.383 e. The van der Waals surface area contributed by atoms with Crippen molar-refractivity contribution < 1.29 is 4.39 Å². The number of likely N-dealkylation sites (N-methyl/N-ethyl adjacent to an activating group) is 1. The molecule has 2 saturated heterocycles. The van der Waals surface area contributed by atoms with Crippen molar-refractivity contribution in [3.8, 4) is 0 Å². The molecular formula is C15H23FN6S. The van der Waals surface area contributed by atoms with Gasteiger partial charge < -0.3 is 15.1 Å². The molecule has 3 rings (SSSR count). The van der Waals surface area contributed by atoms with Crippen molar-refractivity contribution in [3.63, 3.8) is 0 Å². The molecular weight excluding hydrogens is 315 g/mol. The maximum Gasteiger partial charge on any atom is 0.189 e. The van der Waals surface area contributed by atoms with Crippen LogP contribution >= 0.6 is 12.2 Å². The van der Waals surface area contributed by atoms with Crippen molar-refractivity contribution in [2.45, 2.75) is 19.5 Å². The van der Waals surface area contributed by atoms with Gasteiger partial charge in [-0.2, -0.15) is 5.10 Å². The van der Waals surface area contributed by atoms with Gasteiger partial charge in [0.15, 0.2) is 5.11 Å². The first kappa shape index (κ1) is 16.3. The maximum atomic E-state index is 13.4. The van der Waals surface area contributed by atoms with E-state index in [2.05, 4.69) is 37.6 Å².